The number of esters is 1. The highest BCUT2D eigenvalue weighted by molar-refractivity contribution is 5.81. The fraction of sp³-hybridized carbons (Fsp3) is 0.227. The Morgan fingerprint density at radius 1 is 1.06 bits per heavy atom. The lowest BCUT2D eigenvalue weighted by atomic mass is 10.1. The van der Waals surface area contributed by atoms with Crippen LogP contribution in [0.4, 0.5) is 17.5 Å². The number of carbonyl (C=O) groups is 1. The van der Waals surface area contributed by atoms with E-state index in [1.807, 2.05) is 60.7 Å². The lowest BCUT2D eigenvalue weighted by Gasteiger charge is -2.19. The molecular formula is C22H23N5O4. The van der Waals surface area contributed by atoms with Gasteiger partial charge in [0.1, 0.15) is 12.6 Å². The van der Waals surface area contributed by atoms with E-state index in [4.69, 9.17) is 15.2 Å². The molecule has 0 bridgehead atoms. The quantitative estimate of drug-likeness (QED) is 0.375. The number of hydrogen-bond donors (Lipinski definition) is 2. The molecule has 1 heterocycles. The van der Waals surface area contributed by atoms with E-state index in [1.165, 1.54) is 0 Å². The Labute approximate surface area is 179 Å². The van der Waals surface area contributed by atoms with E-state index >= 15 is 0 Å². The summed E-state index contributed by atoms with van der Waals surface area (Å²) in [6, 6.07) is 17.9. The van der Waals surface area contributed by atoms with Crippen molar-refractivity contribution in [2.45, 2.75) is 26.0 Å². The first-order chi connectivity index (χ1) is 15.1. The highest BCUT2D eigenvalue weighted by Crippen LogP contribution is 2.34. The fourth-order valence-corrected chi connectivity index (χ4v) is 2.91. The summed E-state index contributed by atoms with van der Waals surface area (Å²) >= 11 is 0. The van der Waals surface area contributed by atoms with Crippen molar-refractivity contribution in [2.75, 3.05) is 17.7 Å². The van der Waals surface area contributed by atoms with Crippen LogP contribution in [0.1, 0.15) is 18.1 Å². The summed E-state index contributed by atoms with van der Waals surface area (Å²) < 4.78 is 10.8. The Hall–Kier alpha value is -4.01. The molecule has 0 aliphatic heterocycles. The first-order valence-corrected chi connectivity index (χ1v) is 9.75. The fourth-order valence-electron chi connectivity index (χ4n) is 2.91. The van der Waals surface area contributed by atoms with Gasteiger partial charge in [0.25, 0.3) is 5.88 Å². The van der Waals surface area contributed by atoms with Gasteiger partial charge in [-0.15, -0.1) is 4.91 Å². The molecule has 0 saturated heterocycles. The van der Waals surface area contributed by atoms with Crippen LogP contribution in [-0.4, -0.2) is 28.6 Å². The third-order valence-electron chi connectivity index (χ3n) is 4.34. The molecule has 9 heteroatoms. The number of ether oxygens (including phenoxy) is 2. The van der Waals surface area contributed by atoms with Crippen molar-refractivity contribution < 1.29 is 14.3 Å². The van der Waals surface area contributed by atoms with Crippen molar-refractivity contribution in [1.29, 1.82) is 0 Å². The standard InChI is InChI=1S/C22H23N5O4/c1-2-30-21(28)17(13-15-9-5-3-6-10-15)24-19-18(27-29)20(26-22(23)25-19)31-14-16-11-7-4-8-12-16/h3-12,17H,2,13-14H2,1H3,(H3,23,24,25,26). The number of hydrogen-bond acceptors (Lipinski definition) is 9. The van der Waals surface area contributed by atoms with E-state index < -0.39 is 12.0 Å². The topological polar surface area (TPSA) is 129 Å². The number of carbonyl (C=O) groups excluding carboxylic acids is 1. The second-order valence-electron chi connectivity index (χ2n) is 6.59. The number of nitroso groups, excluding NO2 is 1. The SMILES string of the molecule is CCOC(=O)C(Cc1ccccc1)Nc1nc(N)nc(OCc2ccccc2)c1N=O. The molecule has 2 aromatic carbocycles. The van der Waals surface area contributed by atoms with Gasteiger partial charge in [-0.05, 0) is 23.2 Å². The average molecular weight is 421 g/mol. The van der Waals surface area contributed by atoms with Gasteiger partial charge in [0.05, 0.1) is 6.61 Å². The maximum absolute atomic E-state index is 12.5. The number of aromatic nitrogens is 2. The summed E-state index contributed by atoms with van der Waals surface area (Å²) in [7, 11) is 0. The summed E-state index contributed by atoms with van der Waals surface area (Å²) in [6.07, 6.45) is 0.308. The van der Waals surface area contributed by atoms with Crippen molar-refractivity contribution in [2.24, 2.45) is 5.18 Å². The molecule has 0 aliphatic rings. The van der Waals surface area contributed by atoms with Gasteiger partial charge in [-0.1, -0.05) is 60.7 Å². The minimum absolute atomic E-state index is 0.000420. The van der Waals surface area contributed by atoms with Gasteiger partial charge >= 0.3 is 5.97 Å². The molecule has 31 heavy (non-hydrogen) atoms. The highest BCUT2D eigenvalue weighted by Gasteiger charge is 2.25. The van der Waals surface area contributed by atoms with Gasteiger partial charge < -0.3 is 20.5 Å². The maximum Gasteiger partial charge on any atom is 0.328 e. The molecule has 0 aliphatic carbocycles. The van der Waals surface area contributed by atoms with Gasteiger partial charge in [0.15, 0.2) is 5.82 Å². The van der Waals surface area contributed by atoms with Crippen molar-refractivity contribution in [3.8, 4) is 5.88 Å². The molecule has 3 N–H and O–H groups in total. The Balaban J connectivity index is 1.86. The van der Waals surface area contributed by atoms with E-state index in [1.54, 1.807) is 6.92 Å². The van der Waals surface area contributed by atoms with Gasteiger partial charge in [-0.2, -0.15) is 9.97 Å². The normalized spacial score (nSPS) is 11.4. The van der Waals surface area contributed by atoms with Gasteiger partial charge in [0.2, 0.25) is 11.6 Å². The van der Waals surface area contributed by atoms with E-state index in [0.717, 1.165) is 11.1 Å². The van der Waals surface area contributed by atoms with Crippen molar-refractivity contribution in [3.63, 3.8) is 0 Å². The molecule has 3 rings (SSSR count). The maximum atomic E-state index is 12.5. The van der Waals surface area contributed by atoms with Crippen LogP contribution < -0.4 is 15.8 Å². The molecule has 1 aromatic heterocycles. The van der Waals surface area contributed by atoms with E-state index in [2.05, 4.69) is 20.5 Å². The number of nitrogens with one attached hydrogen (secondary N) is 1. The van der Waals surface area contributed by atoms with Crippen LogP contribution in [0.15, 0.2) is 65.8 Å². The highest BCUT2D eigenvalue weighted by atomic mass is 16.5. The van der Waals surface area contributed by atoms with E-state index in [0.29, 0.717) is 6.42 Å². The van der Waals surface area contributed by atoms with Crippen molar-refractivity contribution in [1.82, 2.24) is 9.97 Å². The summed E-state index contributed by atoms with van der Waals surface area (Å²) in [5.74, 6) is -0.692. The van der Waals surface area contributed by atoms with Gasteiger partial charge in [-0.25, -0.2) is 4.79 Å². The molecule has 0 fully saturated rings. The third kappa shape index (κ3) is 5.99. The minimum Gasteiger partial charge on any atom is -0.471 e. The monoisotopic (exact) mass is 421 g/mol. The molecule has 3 aromatic rings. The molecule has 0 saturated carbocycles. The van der Waals surface area contributed by atoms with Crippen LogP contribution in [-0.2, 0) is 22.6 Å². The molecule has 160 valence electrons. The zero-order chi connectivity index (χ0) is 22.1. The molecular weight excluding hydrogens is 398 g/mol. The van der Waals surface area contributed by atoms with Crippen LogP contribution >= 0.6 is 0 Å². The van der Waals surface area contributed by atoms with Gasteiger partial charge in [0, 0.05) is 6.42 Å². The number of benzene rings is 2. The number of nitrogen functional groups attached to an aromatic ring is 1. The smallest absolute Gasteiger partial charge is 0.328 e. The summed E-state index contributed by atoms with van der Waals surface area (Å²) in [6.45, 7) is 2.08. The first kappa shape index (κ1) is 21.7. The Kier molecular flexibility index (Phi) is 7.47. The molecule has 9 nitrogen and oxygen atoms in total. The lowest BCUT2D eigenvalue weighted by Crippen LogP contribution is -2.34. The molecule has 0 radical (unpaired) electrons. The number of nitrogens with two attached hydrogens (primary N) is 1. The van der Waals surface area contributed by atoms with Crippen LogP contribution in [0.3, 0.4) is 0 Å². The molecule has 0 spiro atoms. The zero-order valence-electron chi connectivity index (χ0n) is 17.0. The summed E-state index contributed by atoms with van der Waals surface area (Å²) in [5.41, 5.74) is 7.41. The molecule has 1 unspecified atom stereocenters. The van der Waals surface area contributed by atoms with Gasteiger partial charge in [-0.3, -0.25) is 0 Å². The van der Waals surface area contributed by atoms with Crippen LogP contribution in [0.2, 0.25) is 0 Å². The van der Waals surface area contributed by atoms with E-state index in [-0.39, 0.29) is 36.5 Å². The predicted octanol–water partition coefficient (Wildman–Crippen LogP) is 3.62. The third-order valence-corrected chi connectivity index (χ3v) is 4.34. The molecule has 0 amide bonds. The number of nitrogens with zero attached hydrogens (tertiary/aromatic N) is 3. The second-order valence-corrected chi connectivity index (χ2v) is 6.59. The average Bonchev–Trinajstić information content (AvgIpc) is 2.78. The predicted molar refractivity (Wildman–Crippen MR) is 117 cm³/mol. The lowest BCUT2D eigenvalue weighted by molar-refractivity contribution is -0.144. The summed E-state index contributed by atoms with van der Waals surface area (Å²) in [4.78, 5) is 32.2. The van der Waals surface area contributed by atoms with Crippen LogP contribution in [0.25, 0.3) is 0 Å². The van der Waals surface area contributed by atoms with Crippen molar-refractivity contribution in [3.05, 3.63) is 76.7 Å². The summed E-state index contributed by atoms with van der Waals surface area (Å²) in [5, 5.41) is 5.95. The van der Waals surface area contributed by atoms with Crippen LogP contribution in [0.5, 0.6) is 5.88 Å². The largest absolute Gasteiger partial charge is 0.471 e. The minimum atomic E-state index is -0.820. The zero-order valence-corrected chi connectivity index (χ0v) is 17.0. The second kappa shape index (κ2) is 10.7. The Morgan fingerprint density at radius 2 is 1.71 bits per heavy atom. The van der Waals surface area contributed by atoms with Crippen molar-refractivity contribution >= 4 is 23.4 Å². The number of anilines is 2. The van der Waals surface area contributed by atoms with Crippen LogP contribution in [0, 0.1) is 4.91 Å². The first-order valence-electron chi connectivity index (χ1n) is 9.75. The Morgan fingerprint density at radius 3 is 2.32 bits per heavy atom. The molecule has 1 atom stereocenters. The van der Waals surface area contributed by atoms with E-state index in [9.17, 15) is 9.70 Å². The Bertz CT molecular complexity index is 1020. The number of rotatable bonds is 10.